The van der Waals surface area contributed by atoms with E-state index in [-0.39, 0.29) is 6.04 Å². The Morgan fingerprint density at radius 3 is 1.91 bits per heavy atom. The van der Waals surface area contributed by atoms with E-state index in [0.29, 0.717) is 11.4 Å². The Kier molecular flexibility index (Phi) is 8.03. The highest BCUT2D eigenvalue weighted by molar-refractivity contribution is 6.63. The van der Waals surface area contributed by atoms with Crippen molar-refractivity contribution in [1.82, 2.24) is 0 Å². The molecule has 1 N–H and O–H groups in total. The molecule has 0 saturated heterocycles. The molecule has 2 heterocycles. The molecule has 1 aliphatic carbocycles. The van der Waals surface area contributed by atoms with Gasteiger partial charge in [-0.2, -0.15) is 0 Å². The zero-order valence-corrected chi connectivity index (χ0v) is 33.5. The molecule has 7 aromatic carbocycles. The molecule has 58 heavy (non-hydrogen) atoms. The number of rotatable bonds is 6. The number of anilines is 2. The van der Waals surface area contributed by atoms with Crippen molar-refractivity contribution < 1.29 is 0 Å². The van der Waals surface area contributed by atoms with Gasteiger partial charge in [-0.1, -0.05) is 91.0 Å². The Bertz CT molecular complexity index is 3240. The molecule has 0 spiro atoms. The van der Waals surface area contributed by atoms with Crippen LogP contribution in [0.25, 0.3) is 49.0 Å². The summed E-state index contributed by atoms with van der Waals surface area (Å²) in [5.41, 5.74) is 6.04. The summed E-state index contributed by atoms with van der Waals surface area (Å²) in [6, 6.07) is 44.5. The quantitative estimate of drug-likeness (QED) is 0.133. The fourth-order valence-corrected chi connectivity index (χ4v) is 8.68. The second-order valence-electron chi connectivity index (χ2n) is 16.6. The van der Waals surface area contributed by atoms with Crippen LogP contribution in [0.1, 0.15) is 47.1 Å². The molecule has 0 aromatic heterocycles. The summed E-state index contributed by atoms with van der Waals surface area (Å²) in [4.78, 5) is 28.3. The van der Waals surface area contributed by atoms with Gasteiger partial charge in [0.05, 0.1) is 33.5 Å². The minimum absolute atomic E-state index is 0.0936. The zero-order chi connectivity index (χ0) is 39.9. The van der Waals surface area contributed by atoms with E-state index in [4.69, 9.17) is 25.0 Å². The molecule has 0 saturated carbocycles. The van der Waals surface area contributed by atoms with Crippen LogP contribution in [-0.2, 0) is 0 Å². The first-order valence-electron chi connectivity index (χ1n) is 20.0. The third kappa shape index (κ3) is 5.88. The van der Waals surface area contributed by atoms with Gasteiger partial charge in [0.15, 0.2) is 0 Å². The fraction of sp³-hybridized carbons (Fsp3) is 0.176. The van der Waals surface area contributed by atoms with Crippen molar-refractivity contribution in [3.8, 4) is 11.1 Å². The smallest absolute Gasteiger partial charge is 0.146 e. The first-order chi connectivity index (χ1) is 27.9. The summed E-state index contributed by atoms with van der Waals surface area (Å²) in [6.07, 6.45) is 4.23. The average molecular weight is 754 g/mol. The number of hydrogen-bond donors (Lipinski definition) is 1. The van der Waals surface area contributed by atoms with Gasteiger partial charge in [0, 0.05) is 17.2 Å². The van der Waals surface area contributed by atoms with Gasteiger partial charge in [-0.05, 0) is 134 Å². The normalized spacial score (nSPS) is 17.0. The standard InChI is InChI=1S/C51H43N7/c1-30(2)53-48-42(27-25-39(45(48)52)44-36-18-11-9-16-33(36)29-34-17-10-12-19-37(34)44)58(41-21-13-20-40-47(41)56-50(3,4)54-40)43-26-24-38(46-49(43)57-51(5,6)55-46)35-23-22-31-14-7-8-15-32(31)28-35/h7-30,52H,1-6H3. The van der Waals surface area contributed by atoms with Crippen LogP contribution in [0.5, 0.6) is 0 Å². The molecule has 7 aromatic rings. The summed E-state index contributed by atoms with van der Waals surface area (Å²) in [7, 11) is 0. The van der Waals surface area contributed by atoms with Gasteiger partial charge in [-0.25, -0.2) is 0 Å². The van der Waals surface area contributed by atoms with E-state index in [1.807, 2.05) is 39.8 Å². The zero-order valence-electron chi connectivity index (χ0n) is 33.5. The van der Waals surface area contributed by atoms with Crippen LogP contribution in [0.4, 0.5) is 11.4 Å². The van der Waals surface area contributed by atoms with Crippen LogP contribution >= 0.6 is 0 Å². The lowest BCUT2D eigenvalue weighted by Gasteiger charge is -2.32. The van der Waals surface area contributed by atoms with Crippen molar-refractivity contribution in [2.45, 2.75) is 58.9 Å². The summed E-state index contributed by atoms with van der Waals surface area (Å²) < 4.78 is 0. The van der Waals surface area contributed by atoms with Gasteiger partial charge in [0.2, 0.25) is 0 Å². The Morgan fingerprint density at radius 1 is 0.569 bits per heavy atom. The van der Waals surface area contributed by atoms with Gasteiger partial charge in [-0.15, -0.1) is 0 Å². The van der Waals surface area contributed by atoms with Crippen molar-refractivity contribution in [2.24, 2.45) is 25.0 Å². The summed E-state index contributed by atoms with van der Waals surface area (Å²) in [6.45, 7) is 12.3. The molecule has 0 bridgehead atoms. The summed E-state index contributed by atoms with van der Waals surface area (Å²) in [5, 5.41) is 20.2. The lowest BCUT2D eigenvalue weighted by Crippen LogP contribution is -2.40. The third-order valence-corrected chi connectivity index (χ3v) is 11.0. The fourth-order valence-electron chi connectivity index (χ4n) is 8.68. The van der Waals surface area contributed by atoms with E-state index in [1.165, 1.54) is 10.8 Å². The SMILES string of the molecule is CC(C)N=C1C(=N)C(c2c3ccccc3cc3ccccc23)=CC=C1N(c1cccc2c1=NC(C)(C)N=2)c1ccc(-c2ccc3ccccc3c2)c2c1=NC(C)(C)N=2. The Balaban J connectivity index is 1.27. The van der Waals surface area contributed by atoms with Crippen molar-refractivity contribution in [1.29, 1.82) is 5.41 Å². The molecule has 0 amide bonds. The van der Waals surface area contributed by atoms with Gasteiger partial charge >= 0.3 is 0 Å². The van der Waals surface area contributed by atoms with Crippen molar-refractivity contribution in [3.63, 3.8) is 0 Å². The second-order valence-corrected chi connectivity index (χ2v) is 16.6. The Morgan fingerprint density at radius 2 is 1.19 bits per heavy atom. The molecule has 2 aliphatic heterocycles. The van der Waals surface area contributed by atoms with Gasteiger partial charge < -0.3 is 4.90 Å². The minimum Gasteiger partial charge on any atom is -0.304 e. The highest BCUT2D eigenvalue weighted by Gasteiger charge is 2.33. The monoisotopic (exact) mass is 753 g/mol. The lowest BCUT2D eigenvalue weighted by molar-refractivity contribution is 0.549. The summed E-state index contributed by atoms with van der Waals surface area (Å²) >= 11 is 0. The highest BCUT2D eigenvalue weighted by Crippen LogP contribution is 2.38. The first-order valence-corrected chi connectivity index (χ1v) is 20.0. The van der Waals surface area contributed by atoms with E-state index < -0.39 is 11.3 Å². The number of nitrogens with one attached hydrogen (secondary N) is 1. The molecule has 282 valence electrons. The van der Waals surface area contributed by atoms with Crippen LogP contribution < -0.4 is 26.3 Å². The van der Waals surface area contributed by atoms with Crippen LogP contribution in [0.3, 0.4) is 0 Å². The molecule has 0 atom stereocenters. The third-order valence-electron chi connectivity index (χ3n) is 11.0. The highest BCUT2D eigenvalue weighted by atomic mass is 15.2. The number of para-hydroxylation sites is 1. The maximum Gasteiger partial charge on any atom is 0.146 e. The maximum atomic E-state index is 10.1. The van der Waals surface area contributed by atoms with E-state index in [2.05, 4.69) is 146 Å². The molecule has 10 rings (SSSR count). The number of benzene rings is 7. The summed E-state index contributed by atoms with van der Waals surface area (Å²) in [5.74, 6) is 0. The number of fused-ring (bicyclic) bond motifs is 5. The van der Waals surface area contributed by atoms with E-state index in [0.717, 1.165) is 82.3 Å². The van der Waals surface area contributed by atoms with E-state index in [1.54, 1.807) is 0 Å². The molecule has 0 unspecified atom stereocenters. The molecule has 3 aliphatic rings. The maximum absolute atomic E-state index is 10.1. The van der Waals surface area contributed by atoms with Crippen LogP contribution in [0.15, 0.2) is 170 Å². The van der Waals surface area contributed by atoms with E-state index in [9.17, 15) is 5.41 Å². The number of hydrogen-bond acceptors (Lipinski definition) is 7. The number of allylic oxidation sites excluding steroid dienone is 4. The Hall–Kier alpha value is -6.86. The van der Waals surface area contributed by atoms with Crippen molar-refractivity contribution >= 4 is 60.7 Å². The van der Waals surface area contributed by atoms with Crippen molar-refractivity contribution in [2.75, 3.05) is 4.90 Å². The molecular weight excluding hydrogens is 711 g/mol. The predicted octanol–water partition coefficient (Wildman–Crippen LogP) is 9.78. The van der Waals surface area contributed by atoms with E-state index >= 15 is 0 Å². The first kappa shape index (κ1) is 35.5. The molecule has 0 radical (unpaired) electrons. The second kappa shape index (κ2) is 13.1. The Labute approximate surface area is 337 Å². The predicted molar refractivity (Wildman–Crippen MR) is 239 cm³/mol. The molecular formula is C51H43N7. The minimum atomic E-state index is -0.693. The molecule has 7 heteroatoms. The largest absolute Gasteiger partial charge is 0.304 e. The number of aliphatic imine (C=N–C) groups is 1. The topological polar surface area (TPSA) is 88.9 Å². The molecule has 0 fully saturated rings. The van der Waals surface area contributed by atoms with Crippen LogP contribution in [-0.4, -0.2) is 28.8 Å². The number of nitrogens with zero attached hydrogens (tertiary/aromatic N) is 6. The van der Waals surface area contributed by atoms with Crippen LogP contribution in [0, 0.1) is 5.41 Å². The molecule has 7 nitrogen and oxygen atoms in total. The van der Waals surface area contributed by atoms with Gasteiger partial charge in [0.1, 0.15) is 27.8 Å². The van der Waals surface area contributed by atoms with Gasteiger partial charge in [-0.3, -0.25) is 30.4 Å². The van der Waals surface area contributed by atoms with Gasteiger partial charge in [0.25, 0.3) is 0 Å². The van der Waals surface area contributed by atoms with Crippen LogP contribution in [0.2, 0.25) is 0 Å². The van der Waals surface area contributed by atoms with Crippen molar-refractivity contribution in [3.05, 3.63) is 172 Å². The average Bonchev–Trinajstić information content (AvgIpc) is 3.72. The lowest BCUT2D eigenvalue weighted by atomic mass is 9.85.